The summed E-state index contributed by atoms with van der Waals surface area (Å²) >= 11 is 0. The Morgan fingerprint density at radius 2 is 2.08 bits per heavy atom. The Balaban J connectivity index is 2.23. The molecule has 9 heteroatoms. The molecule has 0 spiro atoms. The van der Waals surface area contributed by atoms with Gasteiger partial charge in [-0.3, -0.25) is 10.1 Å². The number of aromatic nitrogens is 2. The third-order valence-electron chi connectivity index (χ3n) is 3.51. The summed E-state index contributed by atoms with van der Waals surface area (Å²) in [5, 5.41) is 17.4. The zero-order valence-electron chi connectivity index (χ0n) is 14.7. The van der Waals surface area contributed by atoms with Crippen molar-refractivity contribution in [2.24, 2.45) is 0 Å². The van der Waals surface area contributed by atoms with Crippen LogP contribution in [-0.4, -0.2) is 42.1 Å². The van der Waals surface area contributed by atoms with E-state index in [0.717, 1.165) is 18.5 Å². The van der Waals surface area contributed by atoms with E-state index in [1.807, 2.05) is 31.2 Å². The van der Waals surface area contributed by atoms with Gasteiger partial charge in [0.15, 0.2) is 0 Å². The van der Waals surface area contributed by atoms with Crippen molar-refractivity contribution < 1.29 is 9.82 Å². The summed E-state index contributed by atoms with van der Waals surface area (Å²) in [5.41, 5.74) is 7.18. The summed E-state index contributed by atoms with van der Waals surface area (Å²) in [7, 11) is 4.15. The van der Waals surface area contributed by atoms with E-state index in [2.05, 4.69) is 34.7 Å². The molecule has 1 aromatic heterocycles. The molecule has 0 aliphatic rings. The van der Waals surface area contributed by atoms with Gasteiger partial charge < -0.3 is 21.3 Å². The molecule has 9 nitrogen and oxygen atoms in total. The minimum absolute atomic E-state index is 0.0730. The predicted octanol–water partition coefficient (Wildman–Crippen LogP) is 0.966. The number of anilines is 4. The van der Waals surface area contributed by atoms with Gasteiger partial charge in [0.1, 0.15) is 0 Å². The Morgan fingerprint density at radius 1 is 1.32 bits per heavy atom. The summed E-state index contributed by atoms with van der Waals surface area (Å²) < 4.78 is 0. The number of nitrogens with one attached hydrogen (secondary N) is 3. The molecule has 134 valence electrons. The fourth-order valence-electron chi connectivity index (χ4n) is 2.32. The minimum atomic E-state index is -0.577. The standard InChI is InChI=1S/C16H23N7O2/c1-11-6-4-7-12(10-11)19-15-13(23(24)25)14(17)20-16(21-15)18-8-5-9-22(2)3/h4,6-7,10H,5,8-9H2,1-3H3,(H4,17,18,19,20,21)/p+1. The maximum absolute atomic E-state index is 11.3. The van der Waals surface area contributed by atoms with Gasteiger partial charge in [0.05, 0.1) is 25.6 Å². The zero-order chi connectivity index (χ0) is 18.4. The van der Waals surface area contributed by atoms with Gasteiger partial charge in [-0.15, -0.1) is 0 Å². The van der Waals surface area contributed by atoms with Crippen LogP contribution in [0.4, 0.5) is 29.0 Å². The second-order valence-electron chi connectivity index (χ2n) is 6.12. The van der Waals surface area contributed by atoms with Crippen LogP contribution in [0.3, 0.4) is 0 Å². The second-order valence-corrected chi connectivity index (χ2v) is 6.12. The summed E-state index contributed by atoms with van der Waals surface area (Å²) in [6, 6.07) is 7.47. The van der Waals surface area contributed by atoms with Crippen LogP contribution in [0.5, 0.6) is 0 Å². The van der Waals surface area contributed by atoms with Gasteiger partial charge in [-0.05, 0) is 24.6 Å². The van der Waals surface area contributed by atoms with Crippen LogP contribution < -0.4 is 21.3 Å². The van der Waals surface area contributed by atoms with E-state index in [1.165, 1.54) is 4.90 Å². The zero-order valence-corrected chi connectivity index (χ0v) is 14.7. The minimum Gasteiger partial charge on any atom is -0.378 e. The smallest absolute Gasteiger partial charge is 0.353 e. The maximum Gasteiger partial charge on any atom is 0.353 e. The highest BCUT2D eigenvalue weighted by Crippen LogP contribution is 2.31. The van der Waals surface area contributed by atoms with Crippen LogP contribution in [0.15, 0.2) is 24.3 Å². The number of benzene rings is 1. The van der Waals surface area contributed by atoms with E-state index < -0.39 is 4.92 Å². The van der Waals surface area contributed by atoms with E-state index in [4.69, 9.17) is 5.73 Å². The van der Waals surface area contributed by atoms with Gasteiger partial charge in [0, 0.05) is 18.7 Å². The molecule has 2 aromatic rings. The second kappa shape index (κ2) is 8.25. The van der Waals surface area contributed by atoms with Crippen molar-refractivity contribution in [3.63, 3.8) is 0 Å². The Kier molecular flexibility index (Phi) is 6.07. The Morgan fingerprint density at radius 3 is 2.72 bits per heavy atom. The lowest BCUT2D eigenvalue weighted by molar-refractivity contribution is -0.858. The highest BCUT2D eigenvalue weighted by Gasteiger charge is 2.23. The topological polar surface area (TPSA) is 123 Å². The molecule has 0 bridgehead atoms. The van der Waals surface area contributed by atoms with Crippen molar-refractivity contribution in [2.75, 3.05) is 43.6 Å². The average molecular weight is 346 g/mol. The third kappa shape index (κ3) is 5.28. The normalized spacial score (nSPS) is 10.7. The van der Waals surface area contributed by atoms with Gasteiger partial charge >= 0.3 is 5.69 Å². The van der Waals surface area contributed by atoms with Gasteiger partial charge in [0.25, 0.3) is 0 Å². The lowest BCUT2D eigenvalue weighted by Crippen LogP contribution is -3.05. The molecule has 25 heavy (non-hydrogen) atoms. The predicted molar refractivity (Wildman–Crippen MR) is 98.3 cm³/mol. The largest absolute Gasteiger partial charge is 0.378 e. The third-order valence-corrected chi connectivity index (χ3v) is 3.51. The number of nitro groups is 1. The molecular formula is C16H24N7O2+. The molecule has 2 rings (SSSR count). The van der Waals surface area contributed by atoms with Gasteiger partial charge in [-0.1, -0.05) is 12.1 Å². The van der Waals surface area contributed by atoms with Crippen molar-refractivity contribution in [1.82, 2.24) is 9.97 Å². The van der Waals surface area contributed by atoms with E-state index in [0.29, 0.717) is 12.2 Å². The monoisotopic (exact) mass is 346 g/mol. The molecular weight excluding hydrogens is 322 g/mol. The van der Waals surface area contributed by atoms with E-state index >= 15 is 0 Å². The van der Waals surface area contributed by atoms with Crippen molar-refractivity contribution in [2.45, 2.75) is 13.3 Å². The molecule has 1 aromatic carbocycles. The van der Waals surface area contributed by atoms with Crippen LogP contribution in [-0.2, 0) is 0 Å². The van der Waals surface area contributed by atoms with Gasteiger partial charge in [0.2, 0.25) is 17.6 Å². The molecule has 0 amide bonds. The lowest BCUT2D eigenvalue weighted by Gasteiger charge is -2.11. The molecule has 0 unspecified atom stereocenters. The summed E-state index contributed by atoms with van der Waals surface area (Å²) in [6.07, 6.45) is 0.920. The van der Waals surface area contributed by atoms with Crippen LogP contribution >= 0.6 is 0 Å². The molecule has 0 radical (unpaired) electrons. The number of nitrogen functional groups attached to an aromatic ring is 1. The first-order valence-electron chi connectivity index (χ1n) is 8.05. The van der Waals surface area contributed by atoms with Crippen LogP contribution in [0.2, 0.25) is 0 Å². The van der Waals surface area contributed by atoms with Crippen molar-refractivity contribution in [3.05, 3.63) is 39.9 Å². The number of nitrogens with zero attached hydrogens (tertiary/aromatic N) is 3. The van der Waals surface area contributed by atoms with Crippen LogP contribution in [0, 0.1) is 17.0 Å². The SMILES string of the molecule is Cc1cccc(Nc2nc(NCCC[NH+](C)C)nc(N)c2[N+](=O)[O-])c1. The van der Waals surface area contributed by atoms with E-state index in [1.54, 1.807) is 0 Å². The fraction of sp³-hybridized carbons (Fsp3) is 0.375. The molecule has 0 saturated heterocycles. The first-order chi connectivity index (χ1) is 11.9. The number of hydrogen-bond acceptors (Lipinski definition) is 7. The van der Waals surface area contributed by atoms with E-state index in [-0.39, 0.29) is 23.3 Å². The van der Waals surface area contributed by atoms with Crippen molar-refractivity contribution >= 4 is 29.0 Å². The summed E-state index contributed by atoms with van der Waals surface area (Å²) in [5.74, 6) is 0.173. The van der Waals surface area contributed by atoms with Gasteiger partial charge in [-0.2, -0.15) is 9.97 Å². The summed E-state index contributed by atoms with van der Waals surface area (Å²) in [6.45, 7) is 3.59. The highest BCUT2D eigenvalue weighted by molar-refractivity contribution is 5.74. The number of aryl methyl sites for hydroxylation is 1. The first-order valence-corrected chi connectivity index (χ1v) is 8.05. The average Bonchev–Trinajstić information content (AvgIpc) is 2.50. The van der Waals surface area contributed by atoms with Crippen molar-refractivity contribution in [1.29, 1.82) is 0 Å². The Bertz CT molecular complexity index is 749. The Hall–Kier alpha value is -2.94. The first kappa shape index (κ1) is 18.4. The fourth-order valence-corrected chi connectivity index (χ4v) is 2.32. The lowest BCUT2D eigenvalue weighted by atomic mass is 10.2. The molecule has 0 saturated carbocycles. The van der Waals surface area contributed by atoms with E-state index in [9.17, 15) is 10.1 Å². The summed E-state index contributed by atoms with van der Waals surface area (Å²) in [4.78, 5) is 20.3. The van der Waals surface area contributed by atoms with Crippen LogP contribution in [0.25, 0.3) is 0 Å². The number of hydrogen-bond donors (Lipinski definition) is 4. The number of quaternary nitrogens is 1. The number of nitrogens with two attached hydrogens (primary N) is 1. The van der Waals surface area contributed by atoms with Gasteiger partial charge in [-0.25, -0.2) is 0 Å². The number of rotatable bonds is 8. The van der Waals surface area contributed by atoms with Crippen LogP contribution in [0.1, 0.15) is 12.0 Å². The van der Waals surface area contributed by atoms with Crippen molar-refractivity contribution in [3.8, 4) is 0 Å². The molecule has 0 fully saturated rings. The Labute approximate surface area is 146 Å². The quantitative estimate of drug-likeness (QED) is 0.319. The molecule has 0 aliphatic heterocycles. The molecule has 0 atom stereocenters. The maximum atomic E-state index is 11.3. The highest BCUT2D eigenvalue weighted by atomic mass is 16.6. The molecule has 0 aliphatic carbocycles. The molecule has 5 N–H and O–H groups in total. The molecule has 1 heterocycles.